The number of alkyl halides is 1. The number of amides is 1. The van der Waals surface area contributed by atoms with Gasteiger partial charge in [-0.2, -0.15) is 0 Å². The highest BCUT2D eigenvalue weighted by atomic mass is 32.2. The van der Waals surface area contributed by atoms with Gasteiger partial charge in [-0.25, -0.2) is 9.18 Å². The van der Waals surface area contributed by atoms with Crippen LogP contribution in [0.25, 0.3) is 0 Å². The van der Waals surface area contributed by atoms with Crippen LogP contribution in [0.15, 0.2) is 60.7 Å². The fourth-order valence-electron chi connectivity index (χ4n) is 3.90. The summed E-state index contributed by atoms with van der Waals surface area (Å²) in [6, 6.07) is 19.4. The van der Waals surface area contributed by atoms with Gasteiger partial charge in [0.25, 0.3) is 0 Å². The van der Waals surface area contributed by atoms with Crippen LogP contribution >= 0.6 is 11.8 Å². The molecule has 3 rings (SSSR count). The van der Waals surface area contributed by atoms with Gasteiger partial charge in [0.1, 0.15) is 29.9 Å². The van der Waals surface area contributed by atoms with Crippen LogP contribution in [0.4, 0.5) is 9.18 Å². The lowest BCUT2D eigenvalue weighted by atomic mass is 10.0. The number of thioether (sulfide) groups is 1. The van der Waals surface area contributed by atoms with Crippen molar-refractivity contribution in [2.75, 3.05) is 19.8 Å². The van der Waals surface area contributed by atoms with Crippen molar-refractivity contribution in [2.24, 2.45) is 0 Å². The van der Waals surface area contributed by atoms with Crippen LogP contribution < -0.4 is 0 Å². The summed E-state index contributed by atoms with van der Waals surface area (Å²) in [7, 11) is 0. The number of halogens is 1. The van der Waals surface area contributed by atoms with E-state index in [0.29, 0.717) is 19.6 Å². The van der Waals surface area contributed by atoms with Gasteiger partial charge in [-0.1, -0.05) is 72.4 Å². The van der Waals surface area contributed by atoms with Gasteiger partial charge in [0.05, 0.1) is 32.5 Å². The van der Waals surface area contributed by atoms with E-state index in [1.165, 1.54) is 0 Å². The van der Waals surface area contributed by atoms with E-state index in [1.807, 2.05) is 60.7 Å². The van der Waals surface area contributed by atoms with Crippen molar-refractivity contribution in [3.8, 4) is 0 Å². The quantitative estimate of drug-likeness (QED) is 0.313. The number of ether oxygens (including phenoxy) is 4. The van der Waals surface area contributed by atoms with E-state index < -0.39 is 42.1 Å². The second-order valence-corrected chi connectivity index (χ2v) is 11.0. The Morgan fingerprint density at radius 1 is 1.08 bits per heavy atom. The van der Waals surface area contributed by atoms with Crippen molar-refractivity contribution in [3.63, 3.8) is 0 Å². The molecule has 10 heteroatoms. The van der Waals surface area contributed by atoms with E-state index in [1.54, 1.807) is 20.8 Å². The van der Waals surface area contributed by atoms with Crippen LogP contribution in [0.1, 0.15) is 38.3 Å². The first-order valence-corrected chi connectivity index (χ1v) is 13.5. The van der Waals surface area contributed by atoms with Crippen molar-refractivity contribution in [2.45, 2.75) is 69.8 Å². The first-order valence-electron chi connectivity index (χ1n) is 12.6. The summed E-state index contributed by atoms with van der Waals surface area (Å²) >= 11 is 0.957. The number of hydrogen-bond acceptors (Lipinski definition) is 8. The Kier molecular flexibility index (Phi) is 11.5. The number of rotatable bonds is 10. The van der Waals surface area contributed by atoms with E-state index in [9.17, 15) is 14.3 Å². The van der Waals surface area contributed by atoms with Crippen molar-refractivity contribution in [3.05, 3.63) is 71.8 Å². The summed E-state index contributed by atoms with van der Waals surface area (Å²) in [5.74, 6) is 0. The highest BCUT2D eigenvalue weighted by molar-refractivity contribution is 8.14. The SMILES string of the molecule is CC(C)(C)OC(=O)N(CCF)C(=N)SC1CC(OCc2ccccc2)C(OCc2ccccc2)C(CO)O1. The molecule has 2 N–H and O–H groups in total. The third-order valence-corrected chi connectivity index (χ3v) is 6.68. The first-order chi connectivity index (χ1) is 18.2. The summed E-state index contributed by atoms with van der Waals surface area (Å²) in [4.78, 5) is 13.6. The average Bonchev–Trinajstić information content (AvgIpc) is 2.89. The van der Waals surface area contributed by atoms with E-state index in [0.717, 1.165) is 27.8 Å². The second-order valence-electron chi connectivity index (χ2n) is 9.86. The number of nitrogens with one attached hydrogen (secondary N) is 1. The molecule has 0 saturated carbocycles. The van der Waals surface area contributed by atoms with Gasteiger partial charge in [-0.05, 0) is 31.9 Å². The minimum Gasteiger partial charge on any atom is -0.443 e. The predicted octanol–water partition coefficient (Wildman–Crippen LogP) is 5.14. The molecule has 0 aliphatic carbocycles. The molecule has 208 valence electrons. The van der Waals surface area contributed by atoms with E-state index in [4.69, 9.17) is 24.4 Å². The lowest BCUT2D eigenvalue weighted by molar-refractivity contribution is -0.199. The normalized spacial score (nSPS) is 21.6. The Labute approximate surface area is 227 Å². The summed E-state index contributed by atoms with van der Waals surface area (Å²) < 4.78 is 37.1. The Morgan fingerprint density at radius 3 is 2.18 bits per heavy atom. The zero-order valence-corrected chi connectivity index (χ0v) is 22.9. The molecule has 8 nitrogen and oxygen atoms in total. The summed E-state index contributed by atoms with van der Waals surface area (Å²) in [5, 5.41) is 18.5. The summed E-state index contributed by atoms with van der Waals surface area (Å²) in [6.45, 7) is 4.29. The van der Waals surface area contributed by atoms with Crippen LogP contribution in [0.5, 0.6) is 0 Å². The molecule has 1 saturated heterocycles. The number of hydrogen-bond donors (Lipinski definition) is 2. The van der Waals surface area contributed by atoms with Crippen molar-refractivity contribution in [1.29, 1.82) is 5.41 Å². The number of aliphatic hydroxyl groups excluding tert-OH is 1. The summed E-state index contributed by atoms with van der Waals surface area (Å²) in [6.07, 6.45) is -2.24. The van der Waals surface area contributed by atoms with E-state index >= 15 is 0 Å². The third kappa shape index (κ3) is 9.36. The maximum absolute atomic E-state index is 13.2. The van der Waals surface area contributed by atoms with Crippen molar-refractivity contribution in [1.82, 2.24) is 4.90 Å². The van der Waals surface area contributed by atoms with Crippen molar-refractivity contribution >= 4 is 23.0 Å². The van der Waals surface area contributed by atoms with Crippen LogP contribution in [0, 0.1) is 5.41 Å². The molecule has 1 amide bonds. The Bertz CT molecular complexity index is 1010. The fourth-order valence-corrected chi connectivity index (χ4v) is 4.93. The Balaban J connectivity index is 1.73. The number of nitrogens with zero attached hydrogens (tertiary/aromatic N) is 1. The van der Waals surface area contributed by atoms with Gasteiger partial charge in [-0.3, -0.25) is 10.3 Å². The largest absolute Gasteiger partial charge is 0.443 e. The zero-order chi connectivity index (χ0) is 27.5. The monoisotopic (exact) mass is 548 g/mol. The number of benzene rings is 2. The van der Waals surface area contributed by atoms with Gasteiger partial charge in [-0.15, -0.1) is 0 Å². The first kappa shape index (κ1) is 30.0. The highest BCUT2D eigenvalue weighted by Crippen LogP contribution is 2.33. The van der Waals surface area contributed by atoms with E-state index in [-0.39, 0.29) is 18.3 Å². The Morgan fingerprint density at radius 2 is 1.66 bits per heavy atom. The highest BCUT2D eigenvalue weighted by Gasteiger charge is 2.41. The maximum Gasteiger partial charge on any atom is 0.416 e. The molecule has 2 aromatic rings. The van der Waals surface area contributed by atoms with Gasteiger partial charge in [0.15, 0.2) is 5.17 Å². The van der Waals surface area contributed by atoms with Crippen LogP contribution in [0.3, 0.4) is 0 Å². The minimum absolute atomic E-state index is 0.205. The summed E-state index contributed by atoms with van der Waals surface area (Å²) in [5.41, 5.74) is 0.530. The molecule has 0 radical (unpaired) electrons. The lowest BCUT2D eigenvalue weighted by Gasteiger charge is -2.41. The molecule has 4 unspecified atom stereocenters. The smallest absolute Gasteiger partial charge is 0.416 e. The second kappa shape index (κ2) is 14.6. The third-order valence-electron chi connectivity index (χ3n) is 5.67. The molecule has 0 spiro atoms. The molecule has 4 atom stereocenters. The molecular formula is C28H37FN2O6S. The van der Waals surface area contributed by atoms with Gasteiger partial charge < -0.3 is 24.1 Å². The standard InChI is InChI=1S/C28H37FN2O6S/c1-28(2,3)37-27(33)31(15-14-29)26(30)38-24-16-22(34-18-20-10-6-4-7-11-20)25(23(17-32)36-24)35-19-21-12-8-5-9-13-21/h4-13,22-25,30,32H,14-19H2,1-3H3. The molecule has 1 fully saturated rings. The topological polar surface area (TPSA) is 101 Å². The number of carbonyl (C=O) groups excluding carboxylic acids is 1. The number of carbonyl (C=O) groups is 1. The molecule has 0 aromatic heterocycles. The molecule has 1 heterocycles. The van der Waals surface area contributed by atoms with Crippen molar-refractivity contribution < 1.29 is 33.2 Å². The molecule has 1 aliphatic heterocycles. The number of amidine groups is 1. The molecule has 0 bridgehead atoms. The van der Waals surface area contributed by atoms with Gasteiger partial charge >= 0.3 is 6.09 Å². The lowest BCUT2D eigenvalue weighted by Crippen LogP contribution is -2.52. The van der Waals surface area contributed by atoms with E-state index in [2.05, 4.69) is 0 Å². The van der Waals surface area contributed by atoms with Gasteiger partial charge in [0.2, 0.25) is 0 Å². The Hall–Kier alpha value is -2.50. The zero-order valence-electron chi connectivity index (χ0n) is 22.0. The number of aliphatic hydroxyl groups is 1. The fraction of sp³-hybridized carbons (Fsp3) is 0.500. The predicted molar refractivity (Wildman–Crippen MR) is 145 cm³/mol. The average molecular weight is 549 g/mol. The van der Waals surface area contributed by atoms with Crippen LogP contribution in [0.2, 0.25) is 0 Å². The maximum atomic E-state index is 13.2. The molecule has 2 aromatic carbocycles. The van der Waals surface area contributed by atoms with Gasteiger partial charge in [0, 0.05) is 6.42 Å². The van der Waals surface area contributed by atoms with Crippen LogP contribution in [-0.2, 0) is 32.2 Å². The molecule has 1 aliphatic rings. The van der Waals surface area contributed by atoms with Crippen LogP contribution in [-0.4, -0.2) is 70.4 Å². The minimum atomic E-state index is -0.828. The molecular weight excluding hydrogens is 511 g/mol. The molecule has 38 heavy (non-hydrogen) atoms.